The second-order valence-electron chi connectivity index (χ2n) is 5.69. The van der Waals surface area contributed by atoms with E-state index in [1.165, 1.54) is 5.39 Å². The van der Waals surface area contributed by atoms with E-state index in [0.717, 1.165) is 27.5 Å². The molecule has 3 aromatic carbocycles. The molecule has 3 heteroatoms. The highest BCUT2D eigenvalue weighted by Crippen LogP contribution is 2.19. The molecular weight excluding hydrogens is 284 g/mol. The molecule has 2 N–H and O–H groups in total. The third-order valence-electron chi connectivity index (χ3n) is 4.02. The fourth-order valence-electron chi connectivity index (χ4n) is 2.87. The van der Waals surface area contributed by atoms with Gasteiger partial charge in [-0.25, -0.2) is 0 Å². The molecule has 0 saturated heterocycles. The van der Waals surface area contributed by atoms with Crippen LogP contribution in [0.2, 0.25) is 0 Å². The third kappa shape index (κ3) is 2.81. The lowest BCUT2D eigenvalue weighted by atomic mass is 10.1. The Morgan fingerprint density at radius 3 is 2.65 bits per heavy atom. The molecule has 0 aliphatic rings. The lowest BCUT2D eigenvalue weighted by Gasteiger charge is -2.07. The molecule has 0 saturated carbocycles. The molecule has 0 atom stereocenters. The number of hydrogen-bond acceptors (Lipinski definition) is 1. The number of nitrogens with one attached hydrogen (secondary N) is 2. The predicted octanol–water partition coefficient (Wildman–Crippen LogP) is 4.50. The predicted molar refractivity (Wildman–Crippen MR) is 94.6 cm³/mol. The highest BCUT2D eigenvalue weighted by molar-refractivity contribution is 5.95. The molecule has 4 rings (SSSR count). The minimum atomic E-state index is -0.00448. The summed E-state index contributed by atoms with van der Waals surface area (Å²) in [5, 5.41) is 6.40. The SMILES string of the molecule is O=C(Cc1ccc2[nH]ccc2c1)Nc1ccc2ccccc2c1. The molecule has 0 unspecified atom stereocenters. The molecule has 3 nitrogen and oxygen atoms in total. The van der Waals surface area contributed by atoms with E-state index in [1.807, 2.05) is 66.9 Å². The highest BCUT2D eigenvalue weighted by atomic mass is 16.1. The standard InChI is InChI=1S/C20H16N2O/c23-20(12-14-5-8-19-17(11-14)9-10-21-19)22-18-7-6-15-3-1-2-4-16(15)13-18/h1-11,13,21H,12H2,(H,22,23). The van der Waals surface area contributed by atoms with Crippen molar-refractivity contribution >= 4 is 33.3 Å². The van der Waals surface area contributed by atoms with Crippen LogP contribution in [-0.2, 0) is 11.2 Å². The van der Waals surface area contributed by atoms with Crippen molar-refractivity contribution in [1.29, 1.82) is 0 Å². The smallest absolute Gasteiger partial charge is 0.228 e. The fourth-order valence-corrected chi connectivity index (χ4v) is 2.87. The summed E-state index contributed by atoms with van der Waals surface area (Å²) in [6.07, 6.45) is 2.28. The number of H-pyrrole nitrogens is 1. The highest BCUT2D eigenvalue weighted by Gasteiger charge is 2.06. The van der Waals surface area contributed by atoms with Crippen molar-refractivity contribution in [1.82, 2.24) is 4.98 Å². The number of aromatic nitrogens is 1. The van der Waals surface area contributed by atoms with Crippen LogP contribution in [0.25, 0.3) is 21.7 Å². The first-order valence-corrected chi connectivity index (χ1v) is 7.63. The molecule has 0 aliphatic carbocycles. The number of carbonyl (C=O) groups excluding carboxylic acids is 1. The summed E-state index contributed by atoms with van der Waals surface area (Å²) in [4.78, 5) is 15.4. The van der Waals surface area contributed by atoms with Crippen LogP contribution in [0.5, 0.6) is 0 Å². The van der Waals surface area contributed by atoms with Crippen LogP contribution in [0.15, 0.2) is 72.9 Å². The third-order valence-corrected chi connectivity index (χ3v) is 4.02. The molecule has 0 fully saturated rings. The zero-order chi connectivity index (χ0) is 15.6. The molecule has 1 amide bonds. The lowest BCUT2D eigenvalue weighted by molar-refractivity contribution is -0.115. The maximum Gasteiger partial charge on any atom is 0.228 e. The number of hydrogen-bond donors (Lipinski definition) is 2. The van der Waals surface area contributed by atoms with Gasteiger partial charge in [0.25, 0.3) is 0 Å². The summed E-state index contributed by atoms with van der Waals surface area (Å²) in [5.74, 6) is -0.00448. The van der Waals surface area contributed by atoms with Gasteiger partial charge in [-0.2, -0.15) is 0 Å². The van der Waals surface area contributed by atoms with Crippen molar-refractivity contribution < 1.29 is 4.79 Å². The first kappa shape index (κ1) is 13.6. The van der Waals surface area contributed by atoms with Gasteiger partial charge in [0.1, 0.15) is 0 Å². The zero-order valence-corrected chi connectivity index (χ0v) is 12.5. The summed E-state index contributed by atoms with van der Waals surface area (Å²) in [6, 6.07) is 22.1. The maximum atomic E-state index is 12.3. The van der Waals surface area contributed by atoms with Crippen molar-refractivity contribution in [2.45, 2.75) is 6.42 Å². The molecule has 23 heavy (non-hydrogen) atoms. The Hall–Kier alpha value is -3.07. The van der Waals surface area contributed by atoms with Gasteiger partial charge < -0.3 is 10.3 Å². The van der Waals surface area contributed by atoms with Gasteiger partial charge in [0.05, 0.1) is 6.42 Å². The Labute approximate surface area is 134 Å². The molecular formula is C20H16N2O. The molecule has 112 valence electrons. The van der Waals surface area contributed by atoms with Crippen LogP contribution in [0, 0.1) is 0 Å². The van der Waals surface area contributed by atoms with Crippen LogP contribution < -0.4 is 5.32 Å². The van der Waals surface area contributed by atoms with E-state index >= 15 is 0 Å². The van der Waals surface area contributed by atoms with E-state index in [4.69, 9.17) is 0 Å². The topological polar surface area (TPSA) is 44.9 Å². The Morgan fingerprint density at radius 2 is 1.74 bits per heavy atom. The van der Waals surface area contributed by atoms with E-state index in [1.54, 1.807) is 0 Å². The van der Waals surface area contributed by atoms with Gasteiger partial charge in [-0.05, 0) is 52.1 Å². The summed E-state index contributed by atoms with van der Waals surface area (Å²) < 4.78 is 0. The minimum absolute atomic E-state index is 0.00448. The molecule has 4 aromatic rings. The van der Waals surface area contributed by atoms with Gasteiger partial charge >= 0.3 is 0 Å². The van der Waals surface area contributed by atoms with Crippen molar-refractivity contribution in [3.8, 4) is 0 Å². The van der Waals surface area contributed by atoms with E-state index < -0.39 is 0 Å². The van der Waals surface area contributed by atoms with E-state index in [9.17, 15) is 4.79 Å². The average Bonchev–Trinajstić information content (AvgIpc) is 3.02. The van der Waals surface area contributed by atoms with Crippen LogP contribution >= 0.6 is 0 Å². The number of anilines is 1. The number of rotatable bonds is 3. The van der Waals surface area contributed by atoms with Gasteiger partial charge in [-0.15, -0.1) is 0 Å². The van der Waals surface area contributed by atoms with Gasteiger partial charge in [0.15, 0.2) is 0 Å². The molecule has 0 radical (unpaired) electrons. The second-order valence-corrected chi connectivity index (χ2v) is 5.69. The quantitative estimate of drug-likeness (QED) is 0.575. The fraction of sp³-hybridized carbons (Fsp3) is 0.0500. The van der Waals surface area contributed by atoms with Crippen LogP contribution in [0.4, 0.5) is 5.69 Å². The summed E-state index contributed by atoms with van der Waals surface area (Å²) in [6.45, 7) is 0. The number of amides is 1. The Bertz CT molecular complexity index is 1000. The molecule has 1 heterocycles. The van der Waals surface area contributed by atoms with Gasteiger partial charge in [-0.1, -0.05) is 36.4 Å². The maximum absolute atomic E-state index is 12.3. The molecule has 0 spiro atoms. The van der Waals surface area contributed by atoms with Crippen molar-refractivity contribution in [3.63, 3.8) is 0 Å². The second kappa shape index (κ2) is 5.61. The van der Waals surface area contributed by atoms with Gasteiger partial charge in [-0.3, -0.25) is 4.79 Å². The van der Waals surface area contributed by atoms with Crippen LogP contribution in [0.3, 0.4) is 0 Å². The van der Waals surface area contributed by atoms with Crippen molar-refractivity contribution in [3.05, 3.63) is 78.5 Å². The van der Waals surface area contributed by atoms with Gasteiger partial charge in [0, 0.05) is 17.4 Å². The first-order valence-electron chi connectivity index (χ1n) is 7.63. The number of carbonyl (C=O) groups is 1. The zero-order valence-electron chi connectivity index (χ0n) is 12.5. The summed E-state index contributed by atoms with van der Waals surface area (Å²) >= 11 is 0. The molecule has 1 aromatic heterocycles. The first-order chi connectivity index (χ1) is 11.3. The monoisotopic (exact) mass is 300 g/mol. The average molecular weight is 300 g/mol. The van der Waals surface area contributed by atoms with Crippen LogP contribution in [0.1, 0.15) is 5.56 Å². The number of fused-ring (bicyclic) bond motifs is 2. The Morgan fingerprint density at radius 1 is 0.870 bits per heavy atom. The van der Waals surface area contributed by atoms with Crippen LogP contribution in [-0.4, -0.2) is 10.9 Å². The summed E-state index contributed by atoms with van der Waals surface area (Å²) in [5.41, 5.74) is 2.93. The van der Waals surface area contributed by atoms with E-state index in [2.05, 4.69) is 16.4 Å². The largest absolute Gasteiger partial charge is 0.361 e. The van der Waals surface area contributed by atoms with E-state index in [0.29, 0.717) is 6.42 Å². The minimum Gasteiger partial charge on any atom is -0.361 e. The Kier molecular flexibility index (Phi) is 3.31. The van der Waals surface area contributed by atoms with Crippen molar-refractivity contribution in [2.75, 3.05) is 5.32 Å². The van der Waals surface area contributed by atoms with E-state index in [-0.39, 0.29) is 5.91 Å². The molecule has 0 aliphatic heterocycles. The normalized spacial score (nSPS) is 11.0. The molecule has 0 bridgehead atoms. The Balaban J connectivity index is 1.51. The van der Waals surface area contributed by atoms with Gasteiger partial charge in [0.2, 0.25) is 5.91 Å². The number of aromatic amines is 1. The lowest BCUT2D eigenvalue weighted by Crippen LogP contribution is -2.14. The summed E-state index contributed by atoms with van der Waals surface area (Å²) in [7, 11) is 0. The van der Waals surface area contributed by atoms with Crippen molar-refractivity contribution in [2.24, 2.45) is 0 Å². The number of benzene rings is 3.